The molecular weight excluding hydrogens is 254 g/mol. The zero-order valence-electron chi connectivity index (χ0n) is 11.0. The molecule has 0 aliphatic rings. The summed E-state index contributed by atoms with van der Waals surface area (Å²) in [5, 5.41) is 0.966. The molecule has 0 atom stereocenters. The van der Waals surface area contributed by atoms with E-state index in [2.05, 4.69) is 4.98 Å². The van der Waals surface area contributed by atoms with Crippen LogP contribution in [0.15, 0.2) is 53.1 Å². The summed E-state index contributed by atoms with van der Waals surface area (Å²) < 4.78 is 10.3. The maximum atomic E-state index is 11.7. The number of nitrogens with zero attached hydrogens (tertiary/aromatic N) is 1. The molecule has 3 aromatic rings. The van der Waals surface area contributed by atoms with Crippen LogP contribution in [-0.4, -0.2) is 17.6 Å². The largest absolute Gasteiger partial charge is 0.464 e. The number of benzene rings is 1. The number of rotatable bonds is 3. The lowest BCUT2D eigenvalue weighted by Crippen LogP contribution is -2.06. The minimum Gasteiger partial charge on any atom is -0.464 e. The lowest BCUT2D eigenvalue weighted by Gasteiger charge is -2.04. The summed E-state index contributed by atoms with van der Waals surface area (Å²) >= 11 is 0. The zero-order chi connectivity index (χ0) is 13.9. The van der Waals surface area contributed by atoms with E-state index >= 15 is 0 Å². The molecule has 100 valence electrons. The molecule has 3 rings (SSSR count). The van der Waals surface area contributed by atoms with Crippen LogP contribution in [0.1, 0.15) is 17.4 Å². The van der Waals surface area contributed by atoms with E-state index in [1.807, 2.05) is 36.4 Å². The molecular formula is C16H13NO3. The minimum absolute atomic E-state index is 0.316. The molecule has 2 aromatic heterocycles. The van der Waals surface area contributed by atoms with Gasteiger partial charge in [0.15, 0.2) is 0 Å². The third-order valence-corrected chi connectivity index (χ3v) is 2.98. The van der Waals surface area contributed by atoms with E-state index in [0.717, 1.165) is 22.2 Å². The van der Waals surface area contributed by atoms with Gasteiger partial charge in [0.25, 0.3) is 0 Å². The van der Waals surface area contributed by atoms with Gasteiger partial charge < -0.3 is 9.15 Å². The summed E-state index contributed by atoms with van der Waals surface area (Å²) in [6.45, 7) is 2.11. The number of esters is 1. The van der Waals surface area contributed by atoms with Crippen LogP contribution in [0.5, 0.6) is 0 Å². The van der Waals surface area contributed by atoms with Gasteiger partial charge in [0.05, 0.1) is 18.4 Å². The molecule has 0 bridgehead atoms. The van der Waals surface area contributed by atoms with Crippen molar-refractivity contribution < 1.29 is 13.9 Å². The highest BCUT2D eigenvalue weighted by Crippen LogP contribution is 2.24. The Kier molecular flexibility index (Phi) is 3.21. The molecule has 0 saturated carbocycles. The lowest BCUT2D eigenvalue weighted by atomic mass is 10.1. The minimum atomic E-state index is -0.405. The van der Waals surface area contributed by atoms with Crippen molar-refractivity contribution in [3.05, 3.63) is 54.4 Å². The Labute approximate surface area is 116 Å². The van der Waals surface area contributed by atoms with Crippen molar-refractivity contribution in [3.8, 4) is 11.3 Å². The molecule has 4 heteroatoms. The fourth-order valence-corrected chi connectivity index (χ4v) is 2.03. The van der Waals surface area contributed by atoms with Crippen LogP contribution in [0.25, 0.3) is 22.2 Å². The molecule has 0 saturated heterocycles. The number of aromatic nitrogens is 1. The molecule has 0 unspecified atom stereocenters. The van der Waals surface area contributed by atoms with E-state index in [9.17, 15) is 4.79 Å². The molecule has 0 radical (unpaired) electrons. The molecule has 0 amide bonds. The van der Waals surface area contributed by atoms with Crippen LogP contribution < -0.4 is 0 Å². The highest BCUT2D eigenvalue weighted by atomic mass is 16.5. The van der Waals surface area contributed by atoms with Crippen molar-refractivity contribution in [3.63, 3.8) is 0 Å². The Balaban J connectivity index is 2.05. The Bertz CT molecular complexity index is 748. The quantitative estimate of drug-likeness (QED) is 0.679. The number of furan rings is 1. The third-order valence-electron chi connectivity index (χ3n) is 2.98. The van der Waals surface area contributed by atoms with E-state index in [1.165, 1.54) is 0 Å². The molecule has 0 spiro atoms. The average Bonchev–Trinajstić information content (AvgIpc) is 3.00. The molecule has 0 fully saturated rings. The summed E-state index contributed by atoms with van der Waals surface area (Å²) in [6.07, 6.45) is 1.63. The summed E-state index contributed by atoms with van der Waals surface area (Å²) in [5.74, 6) is 0.369. The van der Waals surface area contributed by atoms with Crippen LogP contribution in [-0.2, 0) is 4.74 Å². The highest BCUT2D eigenvalue weighted by Gasteiger charge is 2.09. The van der Waals surface area contributed by atoms with E-state index in [0.29, 0.717) is 12.3 Å². The topological polar surface area (TPSA) is 52.3 Å². The van der Waals surface area contributed by atoms with Crippen LogP contribution in [0.2, 0.25) is 0 Å². The maximum absolute atomic E-state index is 11.7. The Morgan fingerprint density at radius 3 is 2.85 bits per heavy atom. The average molecular weight is 267 g/mol. The fourth-order valence-electron chi connectivity index (χ4n) is 2.03. The molecule has 0 aliphatic carbocycles. The number of fused-ring (bicyclic) bond motifs is 1. The first-order chi connectivity index (χ1) is 9.78. The van der Waals surface area contributed by atoms with Gasteiger partial charge >= 0.3 is 5.97 Å². The first-order valence-corrected chi connectivity index (χ1v) is 6.40. The molecule has 2 heterocycles. The van der Waals surface area contributed by atoms with Gasteiger partial charge in [-0.25, -0.2) is 9.78 Å². The normalized spacial score (nSPS) is 10.7. The lowest BCUT2D eigenvalue weighted by molar-refractivity contribution is 0.0520. The van der Waals surface area contributed by atoms with Gasteiger partial charge in [-0.05, 0) is 31.2 Å². The Hall–Kier alpha value is -2.62. The molecule has 1 aromatic carbocycles. The Morgan fingerprint density at radius 1 is 1.25 bits per heavy atom. The second-order valence-corrected chi connectivity index (χ2v) is 4.30. The fraction of sp³-hybridized carbons (Fsp3) is 0.125. The standard InChI is InChI=1S/C16H13NO3/c1-2-19-16(18)13-8-7-11-5-6-12(10-14(11)17-13)15-4-3-9-20-15/h3-10H,2H2,1H3. The summed E-state index contributed by atoms with van der Waals surface area (Å²) in [6, 6.07) is 13.1. The number of hydrogen-bond acceptors (Lipinski definition) is 4. The number of pyridine rings is 1. The first kappa shape index (κ1) is 12.4. The maximum Gasteiger partial charge on any atom is 0.356 e. The van der Waals surface area contributed by atoms with Crippen LogP contribution in [0.3, 0.4) is 0 Å². The van der Waals surface area contributed by atoms with Crippen molar-refractivity contribution in [1.82, 2.24) is 4.98 Å². The second-order valence-electron chi connectivity index (χ2n) is 4.30. The van der Waals surface area contributed by atoms with Crippen LogP contribution >= 0.6 is 0 Å². The van der Waals surface area contributed by atoms with Crippen molar-refractivity contribution in [2.45, 2.75) is 6.92 Å². The summed E-state index contributed by atoms with van der Waals surface area (Å²) in [5.41, 5.74) is 1.98. The van der Waals surface area contributed by atoms with Gasteiger partial charge in [0, 0.05) is 10.9 Å². The number of hydrogen-bond donors (Lipinski definition) is 0. The van der Waals surface area contributed by atoms with E-state index in [1.54, 1.807) is 19.3 Å². The predicted octanol–water partition coefficient (Wildman–Crippen LogP) is 3.67. The third kappa shape index (κ3) is 2.28. The van der Waals surface area contributed by atoms with Gasteiger partial charge in [-0.15, -0.1) is 0 Å². The number of ether oxygens (including phenoxy) is 1. The highest BCUT2D eigenvalue weighted by molar-refractivity contribution is 5.92. The van der Waals surface area contributed by atoms with Crippen LogP contribution in [0.4, 0.5) is 0 Å². The zero-order valence-corrected chi connectivity index (χ0v) is 11.0. The second kappa shape index (κ2) is 5.17. The number of carbonyl (C=O) groups is 1. The van der Waals surface area contributed by atoms with E-state index in [4.69, 9.17) is 9.15 Å². The van der Waals surface area contributed by atoms with Gasteiger partial charge in [-0.3, -0.25) is 0 Å². The van der Waals surface area contributed by atoms with Gasteiger partial charge in [-0.1, -0.05) is 18.2 Å². The molecule has 0 N–H and O–H groups in total. The van der Waals surface area contributed by atoms with Crippen molar-refractivity contribution in [2.24, 2.45) is 0 Å². The van der Waals surface area contributed by atoms with Gasteiger partial charge in [0.2, 0.25) is 0 Å². The SMILES string of the molecule is CCOC(=O)c1ccc2ccc(-c3ccco3)cc2n1. The van der Waals surface area contributed by atoms with Crippen LogP contribution in [0, 0.1) is 0 Å². The molecule has 4 nitrogen and oxygen atoms in total. The van der Waals surface area contributed by atoms with Crippen molar-refractivity contribution in [2.75, 3.05) is 6.61 Å². The Morgan fingerprint density at radius 2 is 2.10 bits per heavy atom. The molecule has 0 aliphatic heterocycles. The smallest absolute Gasteiger partial charge is 0.356 e. The van der Waals surface area contributed by atoms with E-state index < -0.39 is 5.97 Å². The van der Waals surface area contributed by atoms with Crippen molar-refractivity contribution in [1.29, 1.82) is 0 Å². The molecule has 20 heavy (non-hydrogen) atoms. The first-order valence-electron chi connectivity index (χ1n) is 6.40. The predicted molar refractivity (Wildman–Crippen MR) is 75.4 cm³/mol. The number of carbonyl (C=O) groups excluding carboxylic acids is 1. The van der Waals surface area contributed by atoms with Gasteiger partial charge in [-0.2, -0.15) is 0 Å². The summed E-state index contributed by atoms with van der Waals surface area (Å²) in [7, 11) is 0. The van der Waals surface area contributed by atoms with E-state index in [-0.39, 0.29) is 0 Å². The van der Waals surface area contributed by atoms with Gasteiger partial charge in [0.1, 0.15) is 11.5 Å². The van der Waals surface area contributed by atoms with Crippen molar-refractivity contribution >= 4 is 16.9 Å². The summed E-state index contributed by atoms with van der Waals surface area (Å²) in [4.78, 5) is 16.0. The monoisotopic (exact) mass is 267 g/mol.